The predicted molar refractivity (Wildman–Crippen MR) is 59.1 cm³/mol. The fourth-order valence-corrected chi connectivity index (χ4v) is 1.28. The third-order valence-electron chi connectivity index (χ3n) is 2.30. The van der Waals surface area contributed by atoms with Crippen LogP contribution in [-0.2, 0) is 6.54 Å². The van der Waals surface area contributed by atoms with Gasteiger partial charge in [0, 0.05) is 24.3 Å². The molecule has 0 saturated carbocycles. The van der Waals surface area contributed by atoms with Gasteiger partial charge in [-0.25, -0.2) is 0 Å². The Hall–Kier alpha value is -0.790. The van der Waals surface area contributed by atoms with Crippen molar-refractivity contribution >= 4 is 12.4 Å². The van der Waals surface area contributed by atoms with Crippen molar-refractivity contribution < 1.29 is 18.3 Å². The zero-order valence-corrected chi connectivity index (χ0v) is 10.2. The van der Waals surface area contributed by atoms with Crippen LogP contribution in [0.2, 0.25) is 0 Å². The number of nitrogens with zero attached hydrogens (tertiary/aromatic N) is 1. The molecule has 3 N–H and O–H groups in total. The first-order chi connectivity index (χ1) is 7.32. The van der Waals surface area contributed by atoms with Crippen LogP contribution in [0.15, 0.2) is 0 Å². The zero-order chi connectivity index (χ0) is 12.3. The normalized spacial score (nSPS) is 13.3. The lowest BCUT2D eigenvalue weighted by Gasteiger charge is -2.15. The molecule has 0 aromatic carbocycles. The Morgan fingerprint density at radius 2 is 2.00 bits per heavy atom. The summed E-state index contributed by atoms with van der Waals surface area (Å²) in [6.45, 7) is 3.28. The van der Waals surface area contributed by atoms with Crippen LogP contribution in [0, 0.1) is 13.8 Å². The Bertz CT molecular complexity index is 334. The van der Waals surface area contributed by atoms with Crippen LogP contribution in [0.3, 0.4) is 0 Å². The Morgan fingerprint density at radius 3 is 2.41 bits per heavy atom. The van der Waals surface area contributed by atoms with Crippen molar-refractivity contribution in [3.05, 3.63) is 17.0 Å². The van der Waals surface area contributed by atoms with Crippen molar-refractivity contribution in [3.63, 3.8) is 0 Å². The SMILES string of the molecule is Cc1n[nH]c(C)c1CNCC(O)C(F)(F)F.Cl. The van der Waals surface area contributed by atoms with Gasteiger partial charge in [-0.3, -0.25) is 5.10 Å². The summed E-state index contributed by atoms with van der Waals surface area (Å²) in [4.78, 5) is 0. The number of hydrogen-bond donors (Lipinski definition) is 3. The molecular weight excluding hydrogens is 259 g/mol. The van der Waals surface area contributed by atoms with E-state index in [1.807, 2.05) is 0 Å². The second-order valence-corrected chi connectivity index (χ2v) is 3.60. The van der Waals surface area contributed by atoms with E-state index in [0.29, 0.717) is 0 Å². The van der Waals surface area contributed by atoms with Gasteiger partial charge in [0.25, 0.3) is 0 Å². The first kappa shape index (κ1) is 16.2. The quantitative estimate of drug-likeness (QED) is 0.778. The first-order valence-electron chi connectivity index (χ1n) is 4.78. The van der Waals surface area contributed by atoms with Crippen LogP contribution in [-0.4, -0.2) is 34.1 Å². The van der Waals surface area contributed by atoms with Gasteiger partial charge in [-0.1, -0.05) is 0 Å². The van der Waals surface area contributed by atoms with Crippen LogP contribution in [0.25, 0.3) is 0 Å². The topological polar surface area (TPSA) is 60.9 Å². The van der Waals surface area contributed by atoms with Crippen molar-refractivity contribution in [1.82, 2.24) is 15.5 Å². The lowest BCUT2D eigenvalue weighted by molar-refractivity contribution is -0.201. The van der Waals surface area contributed by atoms with E-state index in [2.05, 4.69) is 15.5 Å². The van der Waals surface area contributed by atoms with Gasteiger partial charge >= 0.3 is 6.18 Å². The van der Waals surface area contributed by atoms with E-state index >= 15 is 0 Å². The van der Waals surface area contributed by atoms with Crippen LogP contribution in [0.1, 0.15) is 17.0 Å². The second kappa shape index (κ2) is 6.23. The smallest absolute Gasteiger partial charge is 0.382 e. The van der Waals surface area contributed by atoms with E-state index in [0.717, 1.165) is 17.0 Å². The minimum atomic E-state index is -4.58. The van der Waals surface area contributed by atoms with Crippen LogP contribution in [0.5, 0.6) is 0 Å². The summed E-state index contributed by atoms with van der Waals surface area (Å²) in [6.07, 6.45) is -6.91. The third kappa shape index (κ3) is 4.53. The number of rotatable bonds is 4. The highest BCUT2D eigenvalue weighted by atomic mass is 35.5. The third-order valence-corrected chi connectivity index (χ3v) is 2.30. The summed E-state index contributed by atoms with van der Waals surface area (Å²) in [5.41, 5.74) is 2.38. The van der Waals surface area contributed by atoms with Crippen LogP contribution >= 0.6 is 12.4 Å². The van der Waals surface area contributed by atoms with Crippen molar-refractivity contribution in [3.8, 4) is 0 Å². The largest absolute Gasteiger partial charge is 0.415 e. The number of H-pyrrole nitrogens is 1. The average Bonchev–Trinajstić information content (AvgIpc) is 2.47. The summed E-state index contributed by atoms with van der Waals surface area (Å²) in [7, 11) is 0. The summed E-state index contributed by atoms with van der Waals surface area (Å²) in [5, 5.41) is 17.9. The van der Waals surface area contributed by atoms with E-state index in [1.54, 1.807) is 13.8 Å². The van der Waals surface area contributed by atoms with Gasteiger partial charge in [0.15, 0.2) is 6.10 Å². The molecule has 8 heteroatoms. The minimum Gasteiger partial charge on any atom is -0.382 e. The molecule has 1 atom stereocenters. The zero-order valence-electron chi connectivity index (χ0n) is 9.43. The first-order valence-corrected chi connectivity index (χ1v) is 4.78. The fraction of sp³-hybridized carbons (Fsp3) is 0.667. The molecule has 0 fully saturated rings. The number of aliphatic hydroxyl groups excluding tert-OH is 1. The molecule has 1 rings (SSSR count). The van der Waals surface area contributed by atoms with Gasteiger partial charge in [0.2, 0.25) is 0 Å². The van der Waals surface area contributed by atoms with E-state index in [1.165, 1.54) is 0 Å². The number of aliphatic hydroxyl groups is 1. The van der Waals surface area contributed by atoms with Gasteiger partial charge in [-0.05, 0) is 13.8 Å². The fourth-order valence-electron chi connectivity index (χ4n) is 1.28. The van der Waals surface area contributed by atoms with E-state index in [4.69, 9.17) is 5.11 Å². The molecule has 0 amide bonds. The summed E-state index contributed by atoms with van der Waals surface area (Å²) in [6, 6.07) is 0. The summed E-state index contributed by atoms with van der Waals surface area (Å²) >= 11 is 0. The molecule has 0 spiro atoms. The molecule has 0 radical (unpaired) electrons. The van der Waals surface area contributed by atoms with Gasteiger partial charge in [-0.2, -0.15) is 18.3 Å². The molecule has 1 heterocycles. The Morgan fingerprint density at radius 1 is 1.41 bits per heavy atom. The van der Waals surface area contributed by atoms with Gasteiger partial charge in [-0.15, -0.1) is 12.4 Å². The molecule has 0 saturated heterocycles. The number of hydrogen-bond acceptors (Lipinski definition) is 3. The lowest BCUT2D eigenvalue weighted by Crippen LogP contribution is -2.38. The van der Waals surface area contributed by atoms with Gasteiger partial charge in [0.1, 0.15) is 0 Å². The maximum Gasteiger partial charge on any atom is 0.415 e. The Labute approximate surface area is 103 Å². The van der Waals surface area contributed by atoms with Crippen molar-refractivity contribution in [2.24, 2.45) is 0 Å². The molecule has 0 aliphatic carbocycles. The number of aryl methyl sites for hydroxylation is 2. The second-order valence-electron chi connectivity index (χ2n) is 3.60. The van der Waals surface area contributed by atoms with Crippen LogP contribution in [0.4, 0.5) is 13.2 Å². The number of nitrogens with one attached hydrogen (secondary N) is 2. The number of alkyl halides is 3. The average molecular weight is 274 g/mol. The van der Waals surface area contributed by atoms with E-state index in [-0.39, 0.29) is 19.0 Å². The highest BCUT2D eigenvalue weighted by molar-refractivity contribution is 5.85. The molecule has 0 aliphatic heterocycles. The highest BCUT2D eigenvalue weighted by Crippen LogP contribution is 2.19. The minimum absolute atomic E-state index is 0. The summed E-state index contributed by atoms with van der Waals surface area (Å²) in [5.74, 6) is 0. The summed E-state index contributed by atoms with van der Waals surface area (Å²) < 4.78 is 35.9. The Kier molecular flexibility index (Phi) is 5.94. The molecule has 4 nitrogen and oxygen atoms in total. The van der Waals surface area contributed by atoms with Crippen LogP contribution < -0.4 is 5.32 Å². The van der Waals surface area contributed by atoms with Gasteiger partial charge < -0.3 is 10.4 Å². The molecular formula is C9H15ClF3N3O. The molecule has 100 valence electrons. The standard InChI is InChI=1S/C9H14F3N3O.ClH/c1-5-7(6(2)15-14-5)3-13-4-8(16)9(10,11)12;/h8,13,16H,3-4H2,1-2H3,(H,14,15);1H. The molecule has 1 aromatic heterocycles. The highest BCUT2D eigenvalue weighted by Gasteiger charge is 2.37. The maximum atomic E-state index is 12.0. The molecule has 1 unspecified atom stereocenters. The molecule has 0 aliphatic rings. The monoisotopic (exact) mass is 273 g/mol. The van der Waals surface area contributed by atoms with Crippen molar-refractivity contribution in [1.29, 1.82) is 0 Å². The van der Waals surface area contributed by atoms with Gasteiger partial charge in [0.05, 0.1) is 5.69 Å². The number of halogens is 4. The molecule has 17 heavy (non-hydrogen) atoms. The maximum absolute atomic E-state index is 12.0. The van der Waals surface area contributed by atoms with E-state index in [9.17, 15) is 13.2 Å². The number of aromatic amines is 1. The molecule has 0 bridgehead atoms. The molecule has 1 aromatic rings. The predicted octanol–water partition coefficient (Wildman–Crippen LogP) is 1.46. The number of aromatic nitrogens is 2. The van der Waals surface area contributed by atoms with Crippen molar-refractivity contribution in [2.75, 3.05) is 6.54 Å². The lowest BCUT2D eigenvalue weighted by atomic mass is 10.2. The van der Waals surface area contributed by atoms with Crippen molar-refractivity contribution in [2.45, 2.75) is 32.7 Å². The van der Waals surface area contributed by atoms with E-state index < -0.39 is 18.8 Å². The Balaban J connectivity index is 0.00000256.